The summed E-state index contributed by atoms with van der Waals surface area (Å²) in [5, 5.41) is 0. The number of hydrogen-bond acceptors (Lipinski definition) is 3. The zero-order valence-electron chi connectivity index (χ0n) is 7.81. The van der Waals surface area contributed by atoms with E-state index in [2.05, 4.69) is 4.74 Å². The van der Waals surface area contributed by atoms with Gasteiger partial charge in [-0.2, -0.15) is 0 Å². The summed E-state index contributed by atoms with van der Waals surface area (Å²) < 4.78 is 4.16. The van der Waals surface area contributed by atoms with E-state index >= 15 is 0 Å². The lowest BCUT2D eigenvalue weighted by molar-refractivity contribution is -0.151. The second-order valence-corrected chi connectivity index (χ2v) is 2.93. The van der Waals surface area contributed by atoms with E-state index in [1.54, 1.807) is 0 Å². The molecule has 0 atom stereocenters. The molecule has 0 saturated heterocycles. The minimum absolute atomic E-state index is 0.171. The Morgan fingerprint density at radius 2 is 2.00 bits per heavy atom. The van der Waals surface area contributed by atoms with E-state index in [4.69, 9.17) is 0 Å². The van der Waals surface area contributed by atoms with Crippen LogP contribution in [0.1, 0.15) is 18.4 Å². The minimum atomic E-state index is -0.462. The minimum Gasteiger partial charge on any atom is -0.395 e. The highest BCUT2D eigenvalue weighted by Gasteiger charge is 2.01. The van der Waals surface area contributed by atoms with Gasteiger partial charge in [-0.05, 0) is 18.4 Å². The molecule has 0 aliphatic carbocycles. The summed E-state index contributed by atoms with van der Waals surface area (Å²) >= 11 is 0. The van der Waals surface area contributed by atoms with Gasteiger partial charge in [0, 0.05) is 6.42 Å². The summed E-state index contributed by atoms with van der Waals surface area (Å²) in [6.45, 7) is 0.171. The van der Waals surface area contributed by atoms with Gasteiger partial charge in [0.05, 0.1) is 0 Å². The Hall–Kier alpha value is -1.64. The summed E-state index contributed by atoms with van der Waals surface area (Å²) in [6.07, 6.45) is 1.82. The Bertz CT molecular complexity index is 293. The average Bonchev–Trinajstić information content (AvgIpc) is 2.20. The summed E-state index contributed by atoms with van der Waals surface area (Å²) in [5.74, 6) is -0.462. The summed E-state index contributed by atoms with van der Waals surface area (Å²) in [5.41, 5.74) is 1.19. The van der Waals surface area contributed by atoms with Crippen LogP contribution in [0.4, 0.5) is 0 Å². The third kappa shape index (κ3) is 3.85. The van der Waals surface area contributed by atoms with Gasteiger partial charge in [0.2, 0.25) is 0 Å². The molecule has 1 aromatic rings. The molecule has 1 aromatic carbocycles. The average molecular weight is 192 g/mol. The predicted octanol–water partition coefficient (Wildman–Crippen LogP) is 1.71. The maximum atomic E-state index is 10.8. The fourth-order valence-electron chi connectivity index (χ4n) is 1.19. The van der Waals surface area contributed by atoms with Crippen LogP contribution in [0.2, 0.25) is 0 Å². The van der Waals surface area contributed by atoms with Crippen LogP contribution in [0.5, 0.6) is 0 Å². The zero-order valence-corrected chi connectivity index (χ0v) is 7.81. The van der Waals surface area contributed by atoms with E-state index in [0.29, 0.717) is 6.42 Å². The Balaban J connectivity index is 2.22. The molecule has 1 rings (SSSR count). The largest absolute Gasteiger partial charge is 0.395 e. The molecule has 3 heteroatoms. The number of carbonyl (C=O) groups excluding carboxylic acids is 2. The van der Waals surface area contributed by atoms with Gasteiger partial charge >= 0.3 is 12.4 Å². The van der Waals surface area contributed by atoms with Crippen LogP contribution in [0.3, 0.4) is 0 Å². The first-order valence-corrected chi connectivity index (χ1v) is 4.50. The number of hydrogen-bond donors (Lipinski definition) is 0. The molecule has 74 valence electrons. The molecule has 0 fully saturated rings. The summed E-state index contributed by atoms with van der Waals surface area (Å²) in [6, 6.07) is 9.87. The van der Waals surface area contributed by atoms with Crippen molar-refractivity contribution in [3.8, 4) is 0 Å². The second-order valence-electron chi connectivity index (χ2n) is 2.93. The van der Waals surface area contributed by atoms with Crippen molar-refractivity contribution in [3.63, 3.8) is 0 Å². The van der Waals surface area contributed by atoms with Gasteiger partial charge in [-0.15, -0.1) is 0 Å². The first kappa shape index (κ1) is 10.4. The van der Waals surface area contributed by atoms with E-state index in [1.165, 1.54) is 5.56 Å². The van der Waals surface area contributed by atoms with Crippen LogP contribution < -0.4 is 0 Å². The molecule has 0 spiro atoms. The monoisotopic (exact) mass is 192 g/mol. The van der Waals surface area contributed by atoms with Crippen LogP contribution in [-0.4, -0.2) is 12.4 Å². The number of aryl methyl sites for hydroxylation is 1. The van der Waals surface area contributed by atoms with Crippen molar-refractivity contribution in [2.24, 2.45) is 0 Å². The quantitative estimate of drug-likeness (QED) is 0.405. The fourth-order valence-corrected chi connectivity index (χ4v) is 1.19. The molecule has 0 aliphatic rings. The van der Waals surface area contributed by atoms with Crippen LogP contribution in [0, 0.1) is 0 Å². The highest BCUT2D eigenvalue weighted by Crippen LogP contribution is 2.04. The van der Waals surface area contributed by atoms with Gasteiger partial charge in [-0.25, -0.2) is 0 Å². The van der Waals surface area contributed by atoms with E-state index in [-0.39, 0.29) is 12.9 Å². The van der Waals surface area contributed by atoms with Crippen LogP contribution in [0.15, 0.2) is 30.3 Å². The maximum Gasteiger partial charge on any atom is 0.313 e. The van der Waals surface area contributed by atoms with Gasteiger partial charge in [-0.1, -0.05) is 30.3 Å². The predicted molar refractivity (Wildman–Crippen MR) is 51.5 cm³/mol. The van der Waals surface area contributed by atoms with Crippen molar-refractivity contribution < 1.29 is 14.3 Å². The van der Waals surface area contributed by atoms with Gasteiger partial charge in [0.1, 0.15) is 0 Å². The molecule has 0 saturated carbocycles. The summed E-state index contributed by atoms with van der Waals surface area (Å²) in [7, 11) is 0. The Morgan fingerprint density at radius 3 is 2.64 bits per heavy atom. The van der Waals surface area contributed by atoms with Crippen LogP contribution in [-0.2, 0) is 20.7 Å². The molecule has 0 amide bonds. The molecule has 0 aromatic heterocycles. The van der Waals surface area contributed by atoms with Crippen molar-refractivity contribution in [3.05, 3.63) is 35.9 Å². The smallest absolute Gasteiger partial charge is 0.313 e. The lowest BCUT2D eigenvalue weighted by atomic mass is 10.1. The Morgan fingerprint density at radius 1 is 1.29 bits per heavy atom. The van der Waals surface area contributed by atoms with Gasteiger partial charge in [0.25, 0.3) is 0 Å². The highest BCUT2D eigenvalue weighted by molar-refractivity contribution is 5.76. The fraction of sp³-hybridized carbons (Fsp3) is 0.273. The van der Waals surface area contributed by atoms with Crippen molar-refractivity contribution in [2.75, 3.05) is 0 Å². The normalized spacial score (nSPS) is 9.43. The van der Waals surface area contributed by atoms with E-state index in [1.807, 2.05) is 30.3 Å². The molecule has 3 nitrogen and oxygen atoms in total. The first-order chi connectivity index (χ1) is 6.83. The van der Waals surface area contributed by atoms with Gasteiger partial charge < -0.3 is 4.74 Å². The van der Waals surface area contributed by atoms with E-state index < -0.39 is 5.97 Å². The van der Waals surface area contributed by atoms with Crippen molar-refractivity contribution in [1.82, 2.24) is 0 Å². The third-order valence-corrected chi connectivity index (χ3v) is 1.87. The topological polar surface area (TPSA) is 43.4 Å². The van der Waals surface area contributed by atoms with E-state index in [9.17, 15) is 9.59 Å². The van der Waals surface area contributed by atoms with Crippen LogP contribution in [0.25, 0.3) is 0 Å². The third-order valence-electron chi connectivity index (χ3n) is 1.87. The molecular formula is C11H12O3. The van der Waals surface area contributed by atoms with Gasteiger partial charge in [0.15, 0.2) is 0 Å². The number of benzene rings is 1. The molecule has 0 aliphatic heterocycles. The van der Waals surface area contributed by atoms with Crippen molar-refractivity contribution in [1.29, 1.82) is 0 Å². The number of rotatable bonds is 5. The standard InChI is InChI=1S/C11H12O3/c12-9-14-11(13)8-4-7-10-5-2-1-3-6-10/h1-3,5-6,9H,4,7-8H2. The maximum absolute atomic E-state index is 10.8. The van der Waals surface area contributed by atoms with Crippen molar-refractivity contribution >= 4 is 12.4 Å². The number of esters is 1. The lowest BCUT2D eigenvalue weighted by Crippen LogP contribution is -2.02. The zero-order chi connectivity index (χ0) is 10.2. The molecule has 0 bridgehead atoms. The van der Waals surface area contributed by atoms with E-state index in [0.717, 1.165) is 6.42 Å². The molecule has 0 heterocycles. The SMILES string of the molecule is O=COC(=O)CCCc1ccccc1. The number of carbonyl (C=O) groups is 2. The van der Waals surface area contributed by atoms with Crippen molar-refractivity contribution in [2.45, 2.75) is 19.3 Å². The van der Waals surface area contributed by atoms with Crippen LogP contribution >= 0.6 is 0 Å². The molecular weight excluding hydrogens is 180 g/mol. The summed E-state index contributed by atoms with van der Waals surface area (Å²) in [4.78, 5) is 20.6. The first-order valence-electron chi connectivity index (χ1n) is 4.50. The Kier molecular flexibility index (Phi) is 4.41. The second kappa shape index (κ2) is 5.91. The highest BCUT2D eigenvalue weighted by atomic mass is 16.6. The molecule has 0 unspecified atom stereocenters. The molecule has 14 heavy (non-hydrogen) atoms. The number of ether oxygens (including phenoxy) is 1. The molecule has 0 radical (unpaired) electrons. The molecule has 0 N–H and O–H groups in total. The lowest BCUT2D eigenvalue weighted by Gasteiger charge is -1.99. The van der Waals surface area contributed by atoms with Gasteiger partial charge in [-0.3, -0.25) is 9.59 Å². The Labute approximate surface area is 82.7 Å².